The predicted molar refractivity (Wildman–Crippen MR) is 83.1 cm³/mol. The van der Waals surface area contributed by atoms with Crippen LogP contribution in [0.5, 0.6) is 0 Å². The molecular formula is C14H16BrN5. The van der Waals surface area contributed by atoms with Crippen molar-refractivity contribution in [2.45, 2.75) is 6.92 Å². The van der Waals surface area contributed by atoms with Crippen LogP contribution >= 0.6 is 15.9 Å². The van der Waals surface area contributed by atoms with E-state index in [0.29, 0.717) is 0 Å². The maximum atomic E-state index is 4.51. The Morgan fingerprint density at radius 1 is 1.00 bits per heavy atom. The zero-order chi connectivity index (χ0) is 13.9. The van der Waals surface area contributed by atoms with Crippen molar-refractivity contribution in [3.8, 4) is 0 Å². The molecule has 104 valence electrons. The highest BCUT2D eigenvalue weighted by Gasteiger charge is 2.19. The molecule has 0 radical (unpaired) electrons. The Bertz CT molecular complexity index is 561. The summed E-state index contributed by atoms with van der Waals surface area (Å²) in [4.78, 5) is 17.8. The predicted octanol–water partition coefficient (Wildman–Crippen LogP) is 2.27. The van der Waals surface area contributed by atoms with Gasteiger partial charge in [0, 0.05) is 38.4 Å². The lowest BCUT2D eigenvalue weighted by molar-refractivity contribution is 0.640. The van der Waals surface area contributed by atoms with Gasteiger partial charge in [0.2, 0.25) is 0 Å². The van der Waals surface area contributed by atoms with Gasteiger partial charge >= 0.3 is 0 Å². The van der Waals surface area contributed by atoms with Crippen LogP contribution in [0.2, 0.25) is 0 Å². The van der Waals surface area contributed by atoms with Crippen molar-refractivity contribution in [2.75, 3.05) is 36.0 Å². The first-order chi connectivity index (χ1) is 9.72. The summed E-state index contributed by atoms with van der Waals surface area (Å²) in [6.07, 6.45) is 1.84. The van der Waals surface area contributed by atoms with Gasteiger partial charge in [0.1, 0.15) is 22.1 Å². The summed E-state index contributed by atoms with van der Waals surface area (Å²) in [6, 6.07) is 8.01. The number of halogens is 1. The van der Waals surface area contributed by atoms with Crippen LogP contribution in [0.3, 0.4) is 0 Å². The van der Waals surface area contributed by atoms with Crippen LogP contribution < -0.4 is 9.80 Å². The van der Waals surface area contributed by atoms with Crippen LogP contribution in [-0.4, -0.2) is 41.1 Å². The molecule has 2 aromatic heterocycles. The molecule has 0 N–H and O–H groups in total. The minimum absolute atomic E-state index is 0.793. The number of anilines is 2. The highest BCUT2D eigenvalue weighted by Crippen LogP contribution is 2.19. The van der Waals surface area contributed by atoms with Crippen molar-refractivity contribution >= 4 is 27.6 Å². The average molecular weight is 334 g/mol. The molecule has 1 aliphatic heterocycles. The van der Waals surface area contributed by atoms with E-state index in [0.717, 1.165) is 48.2 Å². The van der Waals surface area contributed by atoms with Crippen molar-refractivity contribution < 1.29 is 0 Å². The van der Waals surface area contributed by atoms with Gasteiger partial charge in [0.25, 0.3) is 0 Å². The largest absolute Gasteiger partial charge is 0.353 e. The molecule has 1 fully saturated rings. The van der Waals surface area contributed by atoms with Crippen molar-refractivity contribution in [1.29, 1.82) is 0 Å². The molecule has 0 bridgehead atoms. The second kappa shape index (κ2) is 5.75. The second-order valence-corrected chi connectivity index (χ2v) is 5.57. The first kappa shape index (κ1) is 13.3. The van der Waals surface area contributed by atoms with E-state index in [1.807, 2.05) is 31.3 Å². The number of aryl methyl sites for hydroxylation is 1. The Kier molecular flexibility index (Phi) is 3.82. The van der Waals surface area contributed by atoms with Crippen molar-refractivity contribution in [1.82, 2.24) is 15.0 Å². The van der Waals surface area contributed by atoms with Crippen LogP contribution in [0.4, 0.5) is 11.6 Å². The summed E-state index contributed by atoms with van der Waals surface area (Å²) in [5.74, 6) is 2.83. The maximum Gasteiger partial charge on any atom is 0.133 e. The lowest BCUT2D eigenvalue weighted by atomic mass is 10.3. The molecule has 0 atom stereocenters. The van der Waals surface area contributed by atoms with Crippen LogP contribution in [0.1, 0.15) is 5.82 Å². The Morgan fingerprint density at radius 3 is 2.30 bits per heavy atom. The molecule has 2 aromatic rings. The lowest BCUT2D eigenvalue weighted by Crippen LogP contribution is -2.47. The third-order valence-corrected chi connectivity index (χ3v) is 3.78. The molecule has 5 nitrogen and oxygen atoms in total. The van der Waals surface area contributed by atoms with Crippen LogP contribution in [0.25, 0.3) is 0 Å². The van der Waals surface area contributed by atoms with Gasteiger partial charge < -0.3 is 9.80 Å². The van der Waals surface area contributed by atoms with E-state index < -0.39 is 0 Å². The summed E-state index contributed by atoms with van der Waals surface area (Å²) < 4.78 is 0.840. The zero-order valence-electron chi connectivity index (χ0n) is 11.3. The van der Waals surface area contributed by atoms with Crippen molar-refractivity contribution in [3.05, 3.63) is 40.9 Å². The minimum Gasteiger partial charge on any atom is -0.353 e. The van der Waals surface area contributed by atoms with E-state index in [2.05, 4.69) is 46.7 Å². The second-order valence-electron chi connectivity index (χ2n) is 4.76. The first-order valence-electron chi connectivity index (χ1n) is 6.64. The Balaban J connectivity index is 1.69. The molecule has 0 spiro atoms. The summed E-state index contributed by atoms with van der Waals surface area (Å²) in [5, 5.41) is 0. The van der Waals surface area contributed by atoms with E-state index >= 15 is 0 Å². The lowest BCUT2D eigenvalue weighted by Gasteiger charge is -2.36. The molecule has 3 heterocycles. The molecule has 0 amide bonds. The topological polar surface area (TPSA) is 45.2 Å². The van der Waals surface area contributed by atoms with E-state index in [1.54, 1.807) is 0 Å². The fourth-order valence-electron chi connectivity index (χ4n) is 2.38. The van der Waals surface area contributed by atoms with Crippen LogP contribution in [-0.2, 0) is 0 Å². The number of pyridine rings is 1. The summed E-state index contributed by atoms with van der Waals surface area (Å²) >= 11 is 3.43. The van der Waals surface area contributed by atoms with Gasteiger partial charge in [-0.2, -0.15) is 0 Å². The monoisotopic (exact) mass is 333 g/mol. The fourth-order valence-corrected chi connectivity index (χ4v) is 2.85. The van der Waals surface area contributed by atoms with E-state index in [1.165, 1.54) is 0 Å². The number of hydrogen-bond acceptors (Lipinski definition) is 5. The molecule has 0 aromatic carbocycles. The number of hydrogen-bond donors (Lipinski definition) is 0. The van der Waals surface area contributed by atoms with Crippen molar-refractivity contribution in [3.63, 3.8) is 0 Å². The third-order valence-electron chi connectivity index (χ3n) is 3.37. The van der Waals surface area contributed by atoms with Gasteiger partial charge in [-0.15, -0.1) is 0 Å². The molecular weight excluding hydrogens is 318 g/mol. The smallest absolute Gasteiger partial charge is 0.133 e. The van der Waals surface area contributed by atoms with Gasteiger partial charge in [-0.05, 0) is 35.0 Å². The van der Waals surface area contributed by atoms with Gasteiger partial charge in [0.15, 0.2) is 0 Å². The van der Waals surface area contributed by atoms with Gasteiger partial charge in [-0.25, -0.2) is 15.0 Å². The molecule has 6 heteroatoms. The molecule has 0 saturated carbocycles. The molecule has 20 heavy (non-hydrogen) atoms. The highest BCUT2D eigenvalue weighted by atomic mass is 79.9. The number of aromatic nitrogens is 3. The summed E-state index contributed by atoms with van der Waals surface area (Å²) in [7, 11) is 0. The molecule has 1 saturated heterocycles. The fraction of sp³-hybridized carbons (Fsp3) is 0.357. The maximum absolute atomic E-state index is 4.51. The van der Waals surface area contributed by atoms with E-state index in [9.17, 15) is 0 Å². The van der Waals surface area contributed by atoms with Gasteiger partial charge in [-0.1, -0.05) is 6.07 Å². The van der Waals surface area contributed by atoms with E-state index in [4.69, 9.17) is 0 Å². The molecule has 1 aliphatic rings. The Hall–Kier alpha value is -1.69. The van der Waals surface area contributed by atoms with Crippen LogP contribution in [0, 0.1) is 6.92 Å². The number of nitrogens with zero attached hydrogens (tertiary/aromatic N) is 5. The van der Waals surface area contributed by atoms with Gasteiger partial charge in [0.05, 0.1) is 0 Å². The Morgan fingerprint density at radius 2 is 1.70 bits per heavy atom. The SMILES string of the molecule is Cc1nc(Br)cc(N2CCN(c3ccccn3)CC2)n1. The number of rotatable bonds is 2. The van der Waals surface area contributed by atoms with Crippen LogP contribution in [0.15, 0.2) is 35.1 Å². The Labute approximate surface area is 126 Å². The van der Waals surface area contributed by atoms with E-state index in [-0.39, 0.29) is 0 Å². The molecule has 0 unspecified atom stereocenters. The molecule has 3 rings (SSSR count). The normalized spacial score (nSPS) is 15.5. The van der Waals surface area contributed by atoms with Gasteiger partial charge in [-0.3, -0.25) is 0 Å². The zero-order valence-corrected chi connectivity index (χ0v) is 12.9. The summed E-state index contributed by atoms with van der Waals surface area (Å²) in [6.45, 7) is 5.71. The molecule has 0 aliphatic carbocycles. The number of piperazine rings is 1. The standard InChI is InChI=1S/C14H16BrN5/c1-11-17-12(15)10-14(18-11)20-8-6-19(7-9-20)13-4-2-3-5-16-13/h2-5,10H,6-9H2,1H3. The third kappa shape index (κ3) is 2.90. The quantitative estimate of drug-likeness (QED) is 0.789. The first-order valence-corrected chi connectivity index (χ1v) is 7.44. The minimum atomic E-state index is 0.793. The van der Waals surface area contributed by atoms with Crippen molar-refractivity contribution in [2.24, 2.45) is 0 Å². The summed E-state index contributed by atoms with van der Waals surface area (Å²) in [5.41, 5.74) is 0. The average Bonchev–Trinajstić information content (AvgIpc) is 2.47. The highest BCUT2D eigenvalue weighted by molar-refractivity contribution is 9.10.